The van der Waals surface area contributed by atoms with Crippen LogP contribution in [0.1, 0.15) is 5.56 Å². The highest BCUT2D eigenvalue weighted by molar-refractivity contribution is 9.10. The molecule has 2 aromatic carbocycles. The van der Waals surface area contributed by atoms with Crippen molar-refractivity contribution in [1.82, 2.24) is 5.32 Å². The standard InChI is InChI=1S/C18H17BrN2O4/c1-24-14-5-2-12(3-6-14)9-20-17(22)10-21-15-7-4-13(19)8-16(15)25-11-18(21)23/h2-8H,9-11H2,1H3,(H,20,22). The molecule has 0 saturated carbocycles. The predicted molar refractivity (Wildman–Crippen MR) is 96.8 cm³/mol. The Bertz CT molecular complexity index is 792. The van der Waals surface area contributed by atoms with Crippen molar-refractivity contribution in [3.8, 4) is 11.5 Å². The molecule has 0 unspecified atom stereocenters. The molecule has 2 aromatic rings. The van der Waals surface area contributed by atoms with Gasteiger partial charge in [0.15, 0.2) is 6.61 Å². The monoisotopic (exact) mass is 404 g/mol. The number of benzene rings is 2. The minimum absolute atomic E-state index is 0.0486. The van der Waals surface area contributed by atoms with Crippen molar-refractivity contribution in [2.75, 3.05) is 25.2 Å². The van der Waals surface area contributed by atoms with Gasteiger partial charge in [-0.05, 0) is 35.9 Å². The third kappa shape index (κ3) is 4.11. The van der Waals surface area contributed by atoms with Crippen molar-refractivity contribution in [3.05, 3.63) is 52.5 Å². The lowest BCUT2D eigenvalue weighted by Crippen LogP contribution is -2.45. The second kappa shape index (κ2) is 7.57. The fraction of sp³-hybridized carbons (Fsp3) is 0.222. The quantitative estimate of drug-likeness (QED) is 0.830. The molecule has 0 fully saturated rings. The number of hydrogen-bond donors (Lipinski definition) is 1. The molecule has 1 heterocycles. The summed E-state index contributed by atoms with van der Waals surface area (Å²) in [6, 6.07) is 12.8. The van der Waals surface area contributed by atoms with Gasteiger partial charge in [0.25, 0.3) is 5.91 Å². The fourth-order valence-electron chi connectivity index (χ4n) is 2.50. The maximum absolute atomic E-state index is 12.3. The number of carbonyl (C=O) groups is 2. The molecular formula is C18H17BrN2O4. The zero-order valence-corrected chi connectivity index (χ0v) is 15.2. The minimum atomic E-state index is -0.241. The molecule has 130 valence electrons. The van der Waals surface area contributed by atoms with Gasteiger partial charge in [-0.2, -0.15) is 0 Å². The van der Waals surface area contributed by atoms with Gasteiger partial charge in [-0.15, -0.1) is 0 Å². The summed E-state index contributed by atoms with van der Waals surface area (Å²) in [6.07, 6.45) is 0. The molecule has 1 N–H and O–H groups in total. The largest absolute Gasteiger partial charge is 0.497 e. The number of anilines is 1. The Labute approximate surface area is 153 Å². The summed E-state index contributed by atoms with van der Waals surface area (Å²) < 4.78 is 11.4. The first kappa shape index (κ1) is 17.3. The maximum atomic E-state index is 12.3. The Morgan fingerprint density at radius 1 is 1.28 bits per heavy atom. The predicted octanol–water partition coefficient (Wildman–Crippen LogP) is 2.50. The van der Waals surface area contributed by atoms with Gasteiger partial charge in [0.2, 0.25) is 5.91 Å². The second-order valence-corrected chi connectivity index (χ2v) is 6.42. The van der Waals surface area contributed by atoms with E-state index in [0.717, 1.165) is 15.8 Å². The summed E-state index contributed by atoms with van der Waals surface area (Å²) in [5, 5.41) is 2.82. The SMILES string of the molecule is COc1ccc(CNC(=O)CN2C(=O)COc3cc(Br)ccc32)cc1. The van der Waals surface area contributed by atoms with Gasteiger partial charge in [-0.25, -0.2) is 0 Å². The molecule has 0 spiro atoms. The summed E-state index contributed by atoms with van der Waals surface area (Å²) in [6.45, 7) is 0.261. The van der Waals surface area contributed by atoms with Gasteiger partial charge in [0, 0.05) is 11.0 Å². The number of ether oxygens (including phenoxy) is 2. The molecule has 3 rings (SSSR count). The Balaban J connectivity index is 1.63. The van der Waals surface area contributed by atoms with E-state index < -0.39 is 0 Å². The van der Waals surface area contributed by atoms with Crippen molar-refractivity contribution in [2.24, 2.45) is 0 Å². The number of halogens is 1. The van der Waals surface area contributed by atoms with Crippen molar-refractivity contribution < 1.29 is 19.1 Å². The van der Waals surface area contributed by atoms with E-state index in [4.69, 9.17) is 9.47 Å². The number of amides is 2. The number of methoxy groups -OCH3 is 1. The number of hydrogen-bond acceptors (Lipinski definition) is 4. The second-order valence-electron chi connectivity index (χ2n) is 5.51. The highest BCUT2D eigenvalue weighted by Crippen LogP contribution is 2.34. The van der Waals surface area contributed by atoms with Gasteiger partial charge in [-0.1, -0.05) is 28.1 Å². The topological polar surface area (TPSA) is 67.9 Å². The van der Waals surface area contributed by atoms with Crippen LogP contribution in [0.3, 0.4) is 0 Å². The molecule has 1 aliphatic rings. The molecule has 25 heavy (non-hydrogen) atoms. The Hall–Kier alpha value is -2.54. The summed E-state index contributed by atoms with van der Waals surface area (Å²) >= 11 is 3.37. The normalized spacial score (nSPS) is 13.0. The summed E-state index contributed by atoms with van der Waals surface area (Å²) in [5.74, 6) is 0.864. The van der Waals surface area contributed by atoms with Gasteiger partial charge in [0.1, 0.15) is 18.0 Å². The van der Waals surface area contributed by atoms with Crippen LogP contribution in [0.4, 0.5) is 5.69 Å². The van der Waals surface area contributed by atoms with Crippen LogP contribution in [0, 0.1) is 0 Å². The third-order valence-corrected chi connectivity index (χ3v) is 4.31. The molecule has 1 aliphatic heterocycles. The van der Waals surface area contributed by atoms with Crippen LogP contribution in [0.2, 0.25) is 0 Å². The lowest BCUT2D eigenvalue weighted by Gasteiger charge is -2.29. The molecule has 2 amide bonds. The van der Waals surface area contributed by atoms with Gasteiger partial charge in [0.05, 0.1) is 12.8 Å². The third-order valence-electron chi connectivity index (χ3n) is 3.82. The van der Waals surface area contributed by atoms with E-state index in [-0.39, 0.29) is 25.0 Å². The van der Waals surface area contributed by atoms with E-state index in [2.05, 4.69) is 21.2 Å². The van der Waals surface area contributed by atoms with Crippen molar-refractivity contribution in [2.45, 2.75) is 6.54 Å². The lowest BCUT2D eigenvalue weighted by atomic mass is 10.2. The minimum Gasteiger partial charge on any atom is -0.497 e. The van der Waals surface area contributed by atoms with Crippen LogP contribution in [0.25, 0.3) is 0 Å². The first-order chi connectivity index (χ1) is 12.1. The number of nitrogens with zero attached hydrogens (tertiary/aromatic N) is 1. The fourth-order valence-corrected chi connectivity index (χ4v) is 2.84. The van der Waals surface area contributed by atoms with E-state index in [9.17, 15) is 9.59 Å². The molecule has 0 aromatic heterocycles. The molecule has 0 saturated heterocycles. The Kier molecular flexibility index (Phi) is 5.23. The summed E-state index contributed by atoms with van der Waals surface area (Å²) in [4.78, 5) is 25.8. The molecular weight excluding hydrogens is 388 g/mol. The number of carbonyl (C=O) groups excluding carboxylic acids is 2. The molecule has 0 atom stereocenters. The maximum Gasteiger partial charge on any atom is 0.265 e. The number of rotatable bonds is 5. The van der Waals surface area contributed by atoms with E-state index in [0.29, 0.717) is 18.0 Å². The van der Waals surface area contributed by atoms with Gasteiger partial charge >= 0.3 is 0 Å². The molecule has 0 bridgehead atoms. The van der Waals surface area contributed by atoms with Crippen LogP contribution in [0.5, 0.6) is 11.5 Å². The molecule has 0 aliphatic carbocycles. The van der Waals surface area contributed by atoms with Crippen LogP contribution >= 0.6 is 15.9 Å². The first-order valence-corrected chi connectivity index (χ1v) is 8.48. The van der Waals surface area contributed by atoms with Gasteiger partial charge < -0.3 is 14.8 Å². The molecule has 7 heteroatoms. The van der Waals surface area contributed by atoms with E-state index >= 15 is 0 Å². The highest BCUT2D eigenvalue weighted by Gasteiger charge is 2.27. The molecule has 6 nitrogen and oxygen atoms in total. The number of fused-ring (bicyclic) bond motifs is 1. The average Bonchev–Trinajstić information content (AvgIpc) is 2.63. The van der Waals surface area contributed by atoms with Crippen molar-refractivity contribution in [3.63, 3.8) is 0 Å². The summed E-state index contributed by atoms with van der Waals surface area (Å²) in [7, 11) is 1.60. The van der Waals surface area contributed by atoms with Crippen LogP contribution in [-0.2, 0) is 16.1 Å². The highest BCUT2D eigenvalue weighted by atomic mass is 79.9. The van der Waals surface area contributed by atoms with Crippen molar-refractivity contribution in [1.29, 1.82) is 0 Å². The average molecular weight is 405 g/mol. The summed E-state index contributed by atoms with van der Waals surface area (Å²) in [5.41, 5.74) is 1.55. The van der Waals surface area contributed by atoms with Crippen LogP contribution < -0.4 is 19.7 Å². The lowest BCUT2D eigenvalue weighted by molar-refractivity contribution is -0.125. The zero-order chi connectivity index (χ0) is 17.8. The zero-order valence-electron chi connectivity index (χ0n) is 13.6. The van der Waals surface area contributed by atoms with Crippen LogP contribution in [0.15, 0.2) is 46.9 Å². The Morgan fingerprint density at radius 3 is 2.76 bits per heavy atom. The van der Waals surface area contributed by atoms with Gasteiger partial charge in [-0.3, -0.25) is 14.5 Å². The van der Waals surface area contributed by atoms with Crippen molar-refractivity contribution >= 4 is 33.4 Å². The van der Waals surface area contributed by atoms with E-state index in [1.54, 1.807) is 19.2 Å². The van der Waals surface area contributed by atoms with E-state index in [1.165, 1.54) is 4.90 Å². The number of nitrogens with one attached hydrogen (secondary N) is 1. The first-order valence-electron chi connectivity index (χ1n) is 7.69. The Morgan fingerprint density at radius 2 is 2.04 bits per heavy atom. The van der Waals surface area contributed by atoms with E-state index in [1.807, 2.05) is 30.3 Å². The molecule has 0 radical (unpaired) electrons. The van der Waals surface area contributed by atoms with Crippen LogP contribution in [-0.4, -0.2) is 32.1 Å². The smallest absolute Gasteiger partial charge is 0.265 e.